The quantitative estimate of drug-likeness (QED) is 0.125. The van der Waals surface area contributed by atoms with E-state index in [9.17, 15) is 14.4 Å². The number of aliphatic carboxylic acids is 1. The predicted octanol–water partition coefficient (Wildman–Crippen LogP) is 6.31. The van der Waals surface area contributed by atoms with Crippen molar-refractivity contribution in [1.29, 1.82) is 0 Å². The third-order valence-electron chi connectivity index (χ3n) is 4.61. The number of hydrogen-bond donors (Lipinski definition) is 1. The lowest BCUT2D eigenvalue weighted by Gasteiger charge is -2.06. The molecule has 6 nitrogen and oxygen atoms in total. The van der Waals surface area contributed by atoms with Crippen molar-refractivity contribution in [3.05, 3.63) is 36.5 Å². The van der Waals surface area contributed by atoms with Gasteiger partial charge >= 0.3 is 17.9 Å². The Bertz CT molecular complexity index is 577. The summed E-state index contributed by atoms with van der Waals surface area (Å²) in [5.41, 5.74) is 0. The van der Waals surface area contributed by atoms with E-state index in [1.54, 1.807) is 0 Å². The minimum absolute atomic E-state index is 0.0450. The molecule has 0 unspecified atom stereocenters. The highest BCUT2D eigenvalue weighted by Gasteiger charge is 2.06. The summed E-state index contributed by atoms with van der Waals surface area (Å²) in [6, 6.07) is 0. The lowest BCUT2D eigenvalue weighted by molar-refractivity contribution is -0.146. The van der Waals surface area contributed by atoms with Crippen molar-refractivity contribution in [2.75, 3.05) is 13.2 Å². The molecule has 0 bridgehead atoms. The lowest BCUT2D eigenvalue weighted by Crippen LogP contribution is -2.11. The van der Waals surface area contributed by atoms with Crippen LogP contribution >= 0.6 is 0 Å². The summed E-state index contributed by atoms with van der Waals surface area (Å²) in [5, 5.41) is 8.50. The molecule has 0 atom stereocenters. The molecular formula is C26H42O6. The first kappa shape index (κ1) is 29.6. The predicted molar refractivity (Wildman–Crippen MR) is 127 cm³/mol. The van der Waals surface area contributed by atoms with Crippen molar-refractivity contribution in [3.63, 3.8) is 0 Å². The van der Waals surface area contributed by atoms with Crippen LogP contribution in [0.5, 0.6) is 0 Å². The molecule has 6 heteroatoms. The Kier molecular flexibility index (Phi) is 21.6. The van der Waals surface area contributed by atoms with Crippen molar-refractivity contribution in [2.24, 2.45) is 0 Å². The molecule has 0 saturated heterocycles. The fourth-order valence-electron chi connectivity index (χ4n) is 2.78. The summed E-state index contributed by atoms with van der Waals surface area (Å²) in [6.45, 7) is 2.62. The van der Waals surface area contributed by atoms with Crippen LogP contribution in [-0.2, 0) is 23.9 Å². The van der Waals surface area contributed by atoms with Crippen LogP contribution in [-0.4, -0.2) is 36.2 Å². The minimum Gasteiger partial charge on any atom is -0.481 e. The van der Waals surface area contributed by atoms with Crippen LogP contribution in [0.3, 0.4) is 0 Å². The van der Waals surface area contributed by atoms with Crippen LogP contribution in [0.1, 0.15) is 96.8 Å². The van der Waals surface area contributed by atoms with Gasteiger partial charge in [0, 0.05) is 25.7 Å². The van der Waals surface area contributed by atoms with E-state index in [2.05, 4.69) is 43.4 Å². The van der Waals surface area contributed by atoms with Gasteiger partial charge in [-0.1, -0.05) is 56.2 Å². The van der Waals surface area contributed by atoms with Gasteiger partial charge in [-0.05, 0) is 51.4 Å². The molecule has 0 fully saturated rings. The fraction of sp³-hybridized carbons (Fsp3) is 0.654. The number of esters is 2. The smallest absolute Gasteiger partial charge is 0.305 e. The Hall–Kier alpha value is -2.37. The molecule has 0 aliphatic heterocycles. The normalized spacial score (nSPS) is 11.5. The van der Waals surface area contributed by atoms with Crippen molar-refractivity contribution in [1.82, 2.24) is 0 Å². The number of carbonyl (C=O) groups is 3. The van der Waals surface area contributed by atoms with Gasteiger partial charge < -0.3 is 14.6 Å². The maximum absolute atomic E-state index is 11.7. The number of carboxylic acid groups (broad SMARTS) is 1. The number of unbranched alkanes of at least 4 members (excludes halogenated alkanes) is 5. The third-order valence-corrected chi connectivity index (χ3v) is 4.61. The molecule has 0 amide bonds. The van der Waals surface area contributed by atoms with Crippen molar-refractivity contribution >= 4 is 17.9 Å². The van der Waals surface area contributed by atoms with Crippen molar-refractivity contribution in [2.45, 2.75) is 96.8 Å². The molecule has 32 heavy (non-hydrogen) atoms. The van der Waals surface area contributed by atoms with Gasteiger partial charge in [-0.2, -0.15) is 0 Å². The number of hydrogen-bond acceptors (Lipinski definition) is 5. The van der Waals surface area contributed by atoms with E-state index < -0.39 is 11.9 Å². The summed E-state index contributed by atoms with van der Waals surface area (Å²) in [6.07, 6.45) is 24.0. The van der Waals surface area contributed by atoms with Gasteiger partial charge in [-0.25, -0.2) is 0 Å². The SMILES string of the molecule is CCCCCC=CCC=CCC=CCCCCC(=O)OCCCOC(=O)CCCC(=O)O. The summed E-state index contributed by atoms with van der Waals surface area (Å²) in [5.74, 6) is -1.58. The standard InChI is InChI=1S/C26H42O6/c1-2-3-4-5-6-7-8-9-10-11-12-13-14-15-16-20-25(29)31-22-18-23-32-26(30)21-17-19-24(27)28/h6-7,9-10,12-13H,2-5,8,11,14-23H2,1H3,(H,27,28). The van der Waals surface area contributed by atoms with Gasteiger partial charge in [0.15, 0.2) is 0 Å². The maximum atomic E-state index is 11.7. The Morgan fingerprint density at radius 1 is 0.625 bits per heavy atom. The third kappa shape index (κ3) is 23.9. The van der Waals surface area contributed by atoms with E-state index in [0.29, 0.717) is 12.8 Å². The summed E-state index contributed by atoms with van der Waals surface area (Å²) < 4.78 is 10.1. The zero-order valence-corrected chi connectivity index (χ0v) is 19.8. The van der Waals surface area contributed by atoms with Gasteiger partial charge in [0.1, 0.15) is 0 Å². The second-order valence-corrected chi connectivity index (χ2v) is 7.67. The van der Waals surface area contributed by atoms with E-state index in [0.717, 1.165) is 32.1 Å². The molecule has 0 aromatic heterocycles. The van der Waals surface area contributed by atoms with E-state index in [-0.39, 0.29) is 38.4 Å². The second kappa shape index (κ2) is 23.3. The molecule has 0 spiro atoms. The first-order valence-electron chi connectivity index (χ1n) is 12.0. The Labute approximate surface area is 193 Å². The average molecular weight is 451 g/mol. The highest BCUT2D eigenvalue weighted by molar-refractivity contribution is 5.71. The first-order chi connectivity index (χ1) is 15.6. The summed E-state index contributed by atoms with van der Waals surface area (Å²) >= 11 is 0. The maximum Gasteiger partial charge on any atom is 0.305 e. The van der Waals surface area contributed by atoms with E-state index in [1.807, 2.05) is 0 Å². The van der Waals surface area contributed by atoms with E-state index in [4.69, 9.17) is 14.6 Å². The molecular weight excluding hydrogens is 408 g/mol. The van der Waals surface area contributed by atoms with Gasteiger partial charge in [0.25, 0.3) is 0 Å². The van der Waals surface area contributed by atoms with Crippen LogP contribution in [0.2, 0.25) is 0 Å². The number of ether oxygens (including phenoxy) is 2. The molecule has 0 aliphatic carbocycles. The average Bonchev–Trinajstić information content (AvgIpc) is 2.76. The number of carboxylic acids is 1. The number of carbonyl (C=O) groups excluding carboxylic acids is 2. The topological polar surface area (TPSA) is 89.9 Å². The number of rotatable bonds is 21. The lowest BCUT2D eigenvalue weighted by atomic mass is 10.1. The van der Waals surface area contributed by atoms with Crippen LogP contribution in [0.4, 0.5) is 0 Å². The summed E-state index contributed by atoms with van der Waals surface area (Å²) in [4.78, 5) is 33.4. The van der Waals surface area contributed by atoms with Crippen LogP contribution in [0, 0.1) is 0 Å². The highest BCUT2D eigenvalue weighted by atomic mass is 16.5. The molecule has 0 rings (SSSR count). The van der Waals surface area contributed by atoms with Crippen molar-refractivity contribution < 1.29 is 29.0 Å². The van der Waals surface area contributed by atoms with E-state index in [1.165, 1.54) is 25.7 Å². The van der Waals surface area contributed by atoms with Gasteiger partial charge in [-0.3, -0.25) is 14.4 Å². The van der Waals surface area contributed by atoms with E-state index >= 15 is 0 Å². The Balaban J connectivity index is 3.46. The fourth-order valence-corrected chi connectivity index (χ4v) is 2.78. The zero-order valence-electron chi connectivity index (χ0n) is 19.8. The minimum atomic E-state index is -0.926. The monoisotopic (exact) mass is 450 g/mol. The first-order valence-corrected chi connectivity index (χ1v) is 12.0. The molecule has 0 heterocycles. The summed E-state index contributed by atoms with van der Waals surface area (Å²) in [7, 11) is 0. The van der Waals surface area contributed by atoms with Crippen molar-refractivity contribution in [3.8, 4) is 0 Å². The van der Waals surface area contributed by atoms with Crippen LogP contribution < -0.4 is 0 Å². The van der Waals surface area contributed by atoms with Crippen LogP contribution in [0.25, 0.3) is 0 Å². The molecule has 0 aliphatic rings. The van der Waals surface area contributed by atoms with Gasteiger partial charge in [-0.15, -0.1) is 0 Å². The molecule has 1 N–H and O–H groups in total. The molecule has 0 aromatic carbocycles. The largest absolute Gasteiger partial charge is 0.481 e. The number of allylic oxidation sites excluding steroid dienone is 6. The molecule has 0 aromatic rings. The van der Waals surface area contributed by atoms with Gasteiger partial charge in [0.05, 0.1) is 13.2 Å². The Morgan fingerprint density at radius 3 is 1.66 bits per heavy atom. The molecule has 182 valence electrons. The van der Waals surface area contributed by atoms with Gasteiger partial charge in [0.2, 0.25) is 0 Å². The second-order valence-electron chi connectivity index (χ2n) is 7.67. The molecule has 0 radical (unpaired) electrons. The van der Waals surface area contributed by atoms with Crippen LogP contribution in [0.15, 0.2) is 36.5 Å². The molecule has 0 saturated carbocycles. The Morgan fingerprint density at radius 2 is 1.12 bits per heavy atom. The highest BCUT2D eigenvalue weighted by Crippen LogP contribution is 2.04. The zero-order chi connectivity index (χ0) is 23.7.